The molecule has 0 aliphatic heterocycles. The molecule has 0 radical (unpaired) electrons. The van der Waals surface area contributed by atoms with E-state index in [1.807, 2.05) is 0 Å². The summed E-state index contributed by atoms with van der Waals surface area (Å²) < 4.78 is 5.85. The molecule has 3 unspecified atom stereocenters. The van der Waals surface area contributed by atoms with E-state index < -0.39 is 0 Å². The maximum absolute atomic E-state index is 5.85. The highest BCUT2D eigenvalue weighted by Gasteiger charge is 2.55. The summed E-state index contributed by atoms with van der Waals surface area (Å²) in [5.41, 5.74) is 1.45. The zero-order valence-electron chi connectivity index (χ0n) is 12.3. The van der Waals surface area contributed by atoms with Gasteiger partial charge in [-0.2, -0.15) is 0 Å². The highest BCUT2D eigenvalue weighted by atomic mass is 16.5. The van der Waals surface area contributed by atoms with Crippen molar-refractivity contribution < 1.29 is 4.74 Å². The fourth-order valence-corrected chi connectivity index (χ4v) is 4.20. The first kappa shape index (κ1) is 12.7. The summed E-state index contributed by atoms with van der Waals surface area (Å²) in [5.74, 6) is 3.93. The molecule has 3 aliphatic carbocycles. The summed E-state index contributed by atoms with van der Waals surface area (Å²) in [6, 6.07) is 9.44. The Hall–Kier alpha value is -1.02. The van der Waals surface area contributed by atoms with E-state index in [1.54, 1.807) is 0 Å². The van der Waals surface area contributed by atoms with Gasteiger partial charge in [0.1, 0.15) is 5.75 Å². The molecule has 20 heavy (non-hydrogen) atoms. The smallest absolute Gasteiger partial charge is 0.119 e. The van der Waals surface area contributed by atoms with Crippen LogP contribution in [0.3, 0.4) is 0 Å². The molecule has 1 aromatic rings. The minimum Gasteiger partial charge on any atom is -0.490 e. The van der Waals surface area contributed by atoms with Gasteiger partial charge in [-0.1, -0.05) is 25.5 Å². The van der Waals surface area contributed by atoms with Crippen molar-refractivity contribution in [2.75, 3.05) is 6.54 Å². The van der Waals surface area contributed by atoms with E-state index >= 15 is 0 Å². The maximum Gasteiger partial charge on any atom is 0.119 e. The van der Waals surface area contributed by atoms with Crippen molar-refractivity contribution in [1.82, 2.24) is 5.32 Å². The topological polar surface area (TPSA) is 21.3 Å². The average molecular weight is 271 g/mol. The minimum atomic E-state index is 0.494. The normalized spacial score (nSPS) is 32.8. The summed E-state index contributed by atoms with van der Waals surface area (Å²) in [7, 11) is 0. The molecular weight excluding hydrogens is 246 g/mol. The summed E-state index contributed by atoms with van der Waals surface area (Å²) in [4.78, 5) is 0. The Morgan fingerprint density at radius 1 is 1.10 bits per heavy atom. The first-order chi connectivity index (χ1) is 9.86. The Bertz CT molecular complexity index is 455. The molecule has 4 rings (SSSR count). The molecule has 108 valence electrons. The molecule has 0 saturated heterocycles. The lowest BCUT2D eigenvalue weighted by Crippen LogP contribution is -2.24. The Kier molecular flexibility index (Phi) is 3.22. The van der Waals surface area contributed by atoms with Crippen molar-refractivity contribution in [3.8, 4) is 5.75 Å². The van der Waals surface area contributed by atoms with Gasteiger partial charge >= 0.3 is 0 Å². The predicted molar refractivity (Wildman–Crippen MR) is 80.8 cm³/mol. The van der Waals surface area contributed by atoms with Crippen LogP contribution in [0.4, 0.5) is 0 Å². The lowest BCUT2D eigenvalue weighted by Gasteiger charge is -2.20. The van der Waals surface area contributed by atoms with Gasteiger partial charge in [0, 0.05) is 6.04 Å². The minimum absolute atomic E-state index is 0.494. The van der Waals surface area contributed by atoms with E-state index in [2.05, 4.69) is 36.5 Å². The summed E-state index contributed by atoms with van der Waals surface area (Å²) >= 11 is 0. The van der Waals surface area contributed by atoms with Gasteiger partial charge < -0.3 is 10.1 Å². The highest BCUT2D eigenvalue weighted by Crippen LogP contribution is 2.62. The van der Waals surface area contributed by atoms with E-state index in [4.69, 9.17) is 4.74 Å². The number of hydrogen-bond donors (Lipinski definition) is 1. The van der Waals surface area contributed by atoms with Crippen LogP contribution in [0.1, 0.15) is 50.6 Å². The Morgan fingerprint density at radius 2 is 1.80 bits per heavy atom. The molecule has 0 aromatic heterocycles. The zero-order chi connectivity index (χ0) is 13.5. The number of fused-ring (bicyclic) bond motifs is 1. The number of nitrogens with one attached hydrogen (secondary N) is 1. The number of hydrogen-bond acceptors (Lipinski definition) is 2. The second-order valence-corrected chi connectivity index (χ2v) is 6.76. The molecule has 0 spiro atoms. The second-order valence-electron chi connectivity index (χ2n) is 6.76. The van der Waals surface area contributed by atoms with E-state index in [0.717, 1.165) is 30.0 Å². The lowest BCUT2D eigenvalue weighted by atomic mass is 9.97. The SMILES string of the molecule is CCNC(c1ccc(OC2CC2)cc1)C1C2CCCC21. The molecule has 3 saturated carbocycles. The summed E-state index contributed by atoms with van der Waals surface area (Å²) in [6.07, 6.45) is 7.33. The zero-order valence-corrected chi connectivity index (χ0v) is 12.3. The lowest BCUT2D eigenvalue weighted by molar-refractivity contribution is 0.303. The van der Waals surface area contributed by atoms with Gasteiger partial charge in [0.05, 0.1) is 6.10 Å². The van der Waals surface area contributed by atoms with E-state index in [0.29, 0.717) is 12.1 Å². The highest BCUT2D eigenvalue weighted by molar-refractivity contribution is 5.31. The Labute approximate surface area is 121 Å². The van der Waals surface area contributed by atoms with Crippen molar-refractivity contribution in [3.05, 3.63) is 29.8 Å². The van der Waals surface area contributed by atoms with Gasteiger partial charge in [-0.25, -0.2) is 0 Å². The molecular formula is C18H25NO. The third-order valence-electron chi connectivity index (χ3n) is 5.35. The summed E-state index contributed by atoms with van der Waals surface area (Å²) in [5, 5.41) is 3.72. The first-order valence-electron chi connectivity index (χ1n) is 8.37. The third-order valence-corrected chi connectivity index (χ3v) is 5.35. The molecule has 1 aromatic carbocycles. The van der Waals surface area contributed by atoms with Crippen LogP contribution < -0.4 is 10.1 Å². The Morgan fingerprint density at radius 3 is 2.40 bits per heavy atom. The molecule has 0 amide bonds. The van der Waals surface area contributed by atoms with Crippen LogP contribution >= 0.6 is 0 Å². The van der Waals surface area contributed by atoms with Gasteiger partial charge in [-0.3, -0.25) is 0 Å². The van der Waals surface area contributed by atoms with Crippen LogP contribution in [-0.4, -0.2) is 12.6 Å². The van der Waals surface area contributed by atoms with Crippen LogP contribution in [0.25, 0.3) is 0 Å². The van der Waals surface area contributed by atoms with Crippen LogP contribution in [0, 0.1) is 17.8 Å². The van der Waals surface area contributed by atoms with Gasteiger partial charge in [-0.15, -0.1) is 0 Å². The molecule has 2 nitrogen and oxygen atoms in total. The molecule has 0 heterocycles. The van der Waals surface area contributed by atoms with Crippen LogP contribution in [0.5, 0.6) is 5.75 Å². The predicted octanol–water partition coefficient (Wildman–Crippen LogP) is 3.92. The monoisotopic (exact) mass is 271 g/mol. The molecule has 1 N–H and O–H groups in total. The van der Waals surface area contributed by atoms with Crippen LogP contribution in [0.2, 0.25) is 0 Å². The van der Waals surface area contributed by atoms with E-state index in [1.165, 1.54) is 37.7 Å². The largest absolute Gasteiger partial charge is 0.490 e. The fraction of sp³-hybridized carbons (Fsp3) is 0.667. The first-order valence-corrected chi connectivity index (χ1v) is 8.37. The number of rotatable bonds is 6. The van der Waals surface area contributed by atoms with Crippen molar-refractivity contribution in [3.63, 3.8) is 0 Å². The quantitative estimate of drug-likeness (QED) is 0.846. The van der Waals surface area contributed by atoms with E-state index in [9.17, 15) is 0 Å². The molecule has 2 heteroatoms. The standard InChI is InChI=1S/C18H25NO/c1-2-19-18(17-15-4-3-5-16(15)17)12-6-8-13(9-7-12)20-14-10-11-14/h6-9,14-19H,2-5,10-11H2,1H3. The van der Waals surface area contributed by atoms with Crippen LogP contribution in [-0.2, 0) is 0 Å². The Balaban J connectivity index is 1.47. The second kappa shape index (κ2) is 5.07. The van der Waals surface area contributed by atoms with Gasteiger partial charge in [0.2, 0.25) is 0 Å². The van der Waals surface area contributed by atoms with Crippen LogP contribution in [0.15, 0.2) is 24.3 Å². The van der Waals surface area contributed by atoms with Gasteiger partial charge in [-0.05, 0) is 67.7 Å². The molecule has 0 bridgehead atoms. The maximum atomic E-state index is 5.85. The molecule has 3 atom stereocenters. The molecule has 3 fully saturated rings. The van der Waals surface area contributed by atoms with Crippen molar-refractivity contribution in [2.24, 2.45) is 17.8 Å². The molecule has 3 aliphatic rings. The number of ether oxygens (including phenoxy) is 1. The van der Waals surface area contributed by atoms with Gasteiger partial charge in [0.15, 0.2) is 0 Å². The fourth-order valence-electron chi connectivity index (χ4n) is 4.20. The van der Waals surface area contributed by atoms with E-state index in [-0.39, 0.29) is 0 Å². The average Bonchev–Trinajstić information content (AvgIpc) is 3.36. The summed E-state index contributed by atoms with van der Waals surface area (Å²) in [6.45, 7) is 3.27. The van der Waals surface area contributed by atoms with Crippen molar-refractivity contribution in [2.45, 2.75) is 51.2 Å². The number of benzene rings is 1. The van der Waals surface area contributed by atoms with Crippen molar-refractivity contribution >= 4 is 0 Å². The van der Waals surface area contributed by atoms with Gasteiger partial charge in [0.25, 0.3) is 0 Å². The van der Waals surface area contributed by atoms with Crippen molar-refractivity contribution in [1.29, 1.82) is 0 Å². The third kappa shape index (κ3) is 2.35.